The van der Waals surface area contributed by atoms with Gasteiger partial charge in [0.2, 0.25) is 0 Å². The highest BCUT2D eigenvalue weighted by molar-refractivity contribution is 5.99. The topological polar surface area (TPSA) is 93.3 Å². The molecule has 1 heterocycles. The van der Waals surface area contributed by atoms with E-state index in [2.05, 4.69) is 23.7 Å². The minimum atomic E-state index is -0.816. The molecule has 7 nitrogen and oxygen atoms in total. The van der Waals surface area contributed by atoms with Gasteiger partial charge in [-0.2, -0.15) is 5.26 Å². The molecule has 0 aliphatic rings. The highest BCUT2D eigenvalue weighted by Crippen LogP contribution is 2.20. The number of carbonyl (C=O) groups is 2. The van der Waals surface area contributed by atoms with Crippen molar-refractivity contribution >= 4 is 18.0 Å². The van der Waals surface area contributed by atoms with Gasteiger partial charge in [0, 0.05) is 31.1 Å². The van der Waals surface area contributed by atoms with E-state index in [1.165, 1.54) is 13.2 Å². The number of aryl methyl sites for hydroxylation is 1. The largest absolute Gasteiger partial charge is 0.451 e. The molecule has 1 aromatic heterocycles. The Morgan fingerprint density at radius 1 is 1.32 bits per heavy atom. The van der Waals surface area contributed by atoms with Gasteiger partial charge in [-0.15, -0.1) is 0 Å². The number of nitriles is 1. The van der Waals surface area contributed by atoms with Crippen molar-refractivity contribution in [2.45, 2.75) is 53.6 Å². The van der Waals surface area contributed by atoms with Crippen LogP contribution in [0.1, 0.15) is 44.1 Å². The summed E-state index contributed by atoms with van der Waals surface area (Å²) in [5, 5.41) is 12.0. The van der Waals surface area contributed by atoms with Crippen LogP contribution < -0.4 is 5.32 Å². The number of amides is 1. The minimum absolute atomic E-state index is 0.137. The average Bonchev–Trinajstić information content (AvgIpc) is 2.89. The highest BCUT2D eigenvalue weighted by atomic mass is 16.5. The summed E-state index contributed by atoms with van der Waals surface area (Å²) in [6, 6.07) is 3.61. The summed E-state index contributed by atoms with van der Waals surface area (Å²) in [6.45, 7) is 10.9. The van der Waals surface area contributed by atoms with Crippen molar-refractivity contribution in [2.24, 2.45) is 5.92 Å². The smallest absolute Gasteiger partial charge is 0.349 e. The van der Waals surface area contributed by atoms with Crippen molar-refractivity contribution in [1.29, 1.82) is 5.26 Å². The van der Waals surface area contributed by atoms with E-state index in [-0.39, 0.29) is 11.6 Å². The first-order valence-corrected chi connectivity index (χ1v) is 9.43. The molecule has 1 atom stereocenters. The first-order chi connectivity index (χ1) is 13.2. The van der Waals surface area contributed by atoms with Crippen LogP contribution in [0.25, 0.3) is 6.08 Å². The molecule has 1 N–H and O–H groups in total. The molecule has 0 bridgehead atoms. The lowest BCUT2D eigenvalue weighted by atomic mass is 10.1. The summed E-state index contributed by atoms with van der Waals surface area (Å²) in [6.07, 6.45) is 2.56. The van der Waals surface area contributed by atoms with Gasteiger partial charge in [-0.05, 0) is 50.8 Å². The van der Waals surface area contributed by atoms with Gasteiger partial charge >= 0.3 is 5.97 Å². The Labute approximate surface area is 167 Å². The molecule has 1 aromatic rings. The number of ether oxygens (including phenoxy) is 2. The second-order valence-corrected chi connectivity index (χ2v) is 7.33. The SMILES string of the molecule is COC[C@H](C)NC(=O)COC(=O)/C(C#N)=C/c1cc(C)n(CCC(C)C)c1C. The van der Waals surface area contributed by atoms with Crippen molar-refractivity contribution in [3.05, 3.63) is 28.6 Å². The van der Waals surface area contributed by atoms with Crippen LogP contribution in [0.15, 0.2) is 11.6 Å². The highest BCUT2D eigenvalue weighted by Gasteiger charge is 2.16. The minimum Gasteiger partial charge on any atom is -0.451 e. The van der Waals surface area contributed by atoms with Crippen LogP contribution in [0, 0.1) is 31.1 Å². The van der Waals surface area contributed by atoms with Crippen molar-refractivity contribution in [2.75, 3.05) is 20.3 Å². The Morgan fingerprint density at radius 2 is 2.00 bits per heavy atom. The van der Waals surface area contributed by atoms with Crippen molar-refractivity contribution < 1.29 is 19.1 Å². The monoisotopic (exact) mass is 389 g/mol. The summed E-state index contributed by atoms with van der Waals surface area (Å²) in [5.41, 5.74) is 2.72. The van der Waals surface area contributed by atoms with Gasteiger partial charge in [0.15, 0.2) is 6.61 Å². The van der Waals surface area contributed by atoms with Crippen LogP contribution in [0.4, 0.5) is 0 Å². The van der Waals surface area contributed by atoms with E-state index in [4.69, 9.17) is 9.47 Å². The third kappa shape index (κ3) is 7.20. The second kappa shape index (κ2) is 11.3. The molecule has 1 rings (SSSR count). The molecular formula is C21H31N3O4. The van der Waals surface area contributed by atoms with Crippen LogP contribution in [0.5, 0.6) is 0 Å². The summed E-state index contributed by atoms with van der Waals surface area (Å²) in [7, 11) is 1.53. The maximum absolute atomic E-state index is 12.2. The maximum atomic E-state index is 12.2. The molecule has 0 aliphatic heterocycles. The Hall–Kier alpha value is -2.59. The quantitative estimate of drug-likeness (QED) is 0.377. The third-order valence-electron chi connectivity index (χ3n) is 4.34. The predicted octanol–water partition coefficient (Wildman–Crippen LogP) is 2.75. The Kier molecular flexibility index (Phi) is 9.46. The van der Waals surface area contributed by atoms with E-state index in [0.717, 1.165) is 29.9 Å². The summed E-state index contributed by atoms with van der Waals surface area (Å²) in [4.78, 5) is 24.0. The molecule has 0 saturated carbocycles. The lowest BCUT2D eigenvalue weighted by Crippen LogP contribution is -2.38. The average molecular weight is 389 g/mol. The molecule has 0 radical (unpaired) electrons. The molecule has 0 saturated heterocycles. The van der Waals surface area contributed by atoms with Crippen LogP contribution in [0.3, 0.4) is 0 Å². The molecule has 0 spiro atoms. The van der Waals surface area contributed by atoms with E-state index in [1.807, 2.05) is 26.0 Å². The van der Waals surface area contributed by atoms with Gasteiger partial charge < -0.3 is 19.4 Å². The number of nitrogens with zero attached hydrogens (tertiary/aromatic N) is 2. The lowest BCUT2D eigenvalue weighted by molar-refractivity contribution is -0.144. The van der Waals surface area contributed by atoms with Crippen molar-refractivity contribution in [1.82, 2.24) is 9.88 Å². The van der Waals surface area contributed by atoms with Crippen LogP contribution >= 0.6 is 0 Å². The van der Waals surface area contributed by atoms with E-state index >= 15 is 0 Å². The number of aromatic nitrogens is 1. The molecule has 28 heavy (non-hydrogen) atoms. The first-order valence-electron chi connectivity index (χ1n) is 9.43. The number of methoxy groups -OCH3 is 1. The maximum Gasteiger partial charge on any atom is 0.349 e. The second-order valence-electron chi connectivity index (χ2n) is 7.33. The number of rotatable bonds is 10. The van der Waals surface area contributed by atoms with Crippen LogP contribution in [-0.2, 0) is 25.6 Å². The predicted molar refractivity (Wildman–Crippen MR) is 107 cm³/mol. The van der Waals surface area contributed by atoms with Gasteiger partial charge in [0.1, 0.15) is 11.6 Å². The van der Waals surface area contributed by atoms with Gasteiger partial charge in [0.25, 0.3) is 5.91 Å². The zero-order valence-electron chi connectivity index (χ0n) is 17.7. The third-order valence-corrected chi connectivity index (χ3v) is 4.34. The van der Waals surface area contributed by atoms with E-state index < -0.39 is 18.5 Å². The molecule has 1 amide bonds. The lowest BCUT2D eigenvalue weighted by Gasteiger charge is -2.12. The summed E-state index contributed by atoms with van der Waals surface area (Å²) in [5.74, 6) is -0.673. The molecule has 0 unspecified atom stereocenters. The Morgan fingerprint density at radius 3 is 2.57 bits per heavy atom. The molecule has 0 aromatic carbocycles. The van der Waals surface area contributed by atoms with Gasteiger partial charge in [-0.25, -0.2) is 4.79 Å². The van der Waals surface area contributed by atoms with Crippen LogP contribution in [0.2, 0.25) is 0 Å². The normalized spacial score (nSPS) is 12.6. The van der Waals surface area contributed by atoms with Crippen LogP contribution in [-0.4, -0.2) is 42.8 Å². The number of nitrogens with one attached hydrogen (secondary N) is 1. The molecule has 0 fully saturated rings. The zero-order valence-corrected chi connectivity index (χ0v) is 17.7. The Balaban J connectivity index is 2.80. The molecular weight excluding hydrogens is 358 g/mol. The number of esters is 1. The van der Waals surface area contributed by atoms with E-state index in [0.29, 0.717) is 12.5 Å². The fourth-order valence-electron chi connectivity index (χ4n) is 2.81. The Bertz CT molecular complexity index is 756. The van der Waals surface area contributed by atoms with Crippen molar-refractivity contribution in [3.8, 4) is 6.07 Å². The fraction of sp³-hybridized carbons (Fsp3) is 0.571. The number of hydrogen-bond acceptors (Lipinski definition) is 5. The summed E-state index contributed by atoms with van der Waals surface area (Å²) < 4.78 is 12.1. The van der Waals surface area contributed by atoms with Gasteiger partial charge in [-0.3, -0.25) is 4.79 Å². The van der Waals surface area contributed by atoms with E-state index in [1.54, 1.807) is 6.92 Å². The first kappa shape index (κ1) is 23.4. The molecule has 7 heteroatoms. The number of hydrogen-bond donors (Lipinski definition) is 1. The zero-order chi connectivity index (χ0) is 21.3. The number of carbonyl (C=O) groups excluding carboxylic acids is 2. The fourth-order valence-corrected chi connectivity index (χ4v) is 2.81. The van der Waals surface area contributed by atoms with Gasteiger partial charge in [0.05, 0.1) is 6.61 Å². The summed E-state index contributed by atoms with van der Waals surface area (Å²) >= 11 is 0. The molecule has 154 valence electrons. The van der Waals surface area contributed by atoms with E-state index in [9.17, 15) is 14.9 Å². The van der Waals surface area contributed by atoms with Gasteiger partial charge in [-0.1, -0.05) is 13.8 Å². The standard InChI is InChI=1S/C21H31N3O4/c1-14(2)7-8-24-16(4)9-18(17(24)5)10-19(11-22)21(26)28-13-20(25)23-15(3)12-27-6/h9-10,14-15H,7-8,12-13H2,1-6H3,(H,23,25)/b19-10+/t15-/m0/s1. The van der Waals surface area contributed by atoms with Crippen molar-refractivity contribution in [3.63, 3.8) is 0 Å². The molecule has 0 aliphatic carbocycles.